The first-order valence-corrected chi connectivity index (χ1v) is 8.98. The highest BCUT2D eigenvalue weighted by Crippen LogP contribution is 2.28. The summed E-state index contributed by atoms with van der Waals surface area (Å²) in [5.74, 6) is -1.72. The van der Waals surface area contributed by atoms with Crippen LogP contribution in [0, 0.1) is 0 Å². The van der Waals surface area contributed by atoms with Crippen molar-refractivity contribution in [3.63, 3.8) is 0 Å². The van der Waals surface area contributed by atoms with Crippen molar-refractivity contribution >= 4 is 23.9 Å². The summed E-state index contributed by atoms with van der Waals surface area (Å²) in [6, 6.07) is 4.64. The van der Waals surface area contributed by atoms with Gasteiger partial charge in [-0.2, -0.15) is 0 Å². The van der Waals surface area contributed by atoms with Gasteiger partial charge in [0.05, 0.1) is 30.4 Å². The molecule has 0 aromatic carbocycles. The van der Waals surface area contributed by atoms with E-state index in [0.717, 1.165) is 0 Å². The Morgan fingerprint density at radius 3 is 2.57 bits per heavy atom. The van der Waals surface area contributed by atoms with Crippen molar-refractivity contribution < 1.29 is 37.5 Å². The minimum atomic E-state index is -0.917. The second-order valence-electron chi connectivity index (χ2n) is 5.98. The first-order chi connectivity index (χ1) is 14.5. The normalized spacial score (nSPS) is 15.8. The topological polar surface area (TPSA) is 149 Å². The maximum Gasteiger partial charge on any atom is 0.338 e. The number of furan rings is 2. The Labute approximate surface area is 170 Å². The molecule has 3 amide bonds. The van der Waals surface area contributed by atoms with Crippen molar-refractivity contribution in [2.45, 2.75) is 13.0 Å². The Hall–Kier alpha value is -4.02. The van der Waals surface area contributed by atoms with E-state index in [2.05, 4.69) is 16.0 Å². The largest absolute Gasteiger partial charge is 0.467 e. The van der Waals surface area contributed by atoms with Crippen molar-refractivity contribution in [1.82, 2.24) is 16.0 Å². The van der Waals surface area contributed by atoms with Crippen LogP contribution in [0.15, 0.2) is 56.9 Å². The van der Waals surface area contributed by atoms with E-state index in [1.54, 1.807) is 19.1 Å². The van der Waals surface area contributed by atoms with E-state index in [4.69, 9.17) is 18.3 Å². The number of carbonyl (C=O) groups is 4. The number of amides is 3. The number of hydrogen-bond donors (Lipinski definition) is 3. The van der Waals surface area contributed by atoms with Crippen LogP contribution < -0.4 is 16.0 Å². The SMILES string of the molecule is CCOC(=O)C1=C(COC(=O)CNC(=O)c2ccco2)NC(=O)NC1c1ccco1. The van der Waals surface area contributed by atoms with Crippen molar-refractivity contribution in [3.8, 4) is 0 Å². The molecule has 11 heteroatoms. The summed E-state index contributed by atoms with van der Waals surface area (Å²) in [5.41, 5.74) is 0.0862. The summed E-state index contributed by atoms with van der Waals surface area (Å²) in [5, 5.41) is 7.36. The number of urea groups is 1. The van der Waals surface area contributed by atoms with Crippen LogP contribution in [0.3, 0.4) is 0 Å². The van der Waals surface area contributed by atoms with Crippen molar-refractivity contribution in [2.24, 2.45) is 0 Å². The smallest absolute Gasteiger partial charge is 0.338 e. The molecule has 0 aliphatic carbocycles. The van der Waals surface area contributed by atoms with Gasteiger partial charge in [-0.1, -0.05) is 0 Å². The van der Waals surface area contributed by atoms with Crippen LogP contribution >= 0.6 is 0 Å². The van der Waals surface area contributed by atoms with Gasteiger partial charge in [0.1, 0.15) is 25.0 Å². The van der Waals surface area contributed by atoms with Gasteiger partial charge in [0.25, 0.3) is 5.91 Å². The molecule has 2 aromatic heterocycles. The number of ether oxygens (including phenoxy) is 2. The fraction of sp³-hybridized carbons (Fsp3) is 0.263. The van der Waals surface area contributed by atoms with E-state index >= 15 is 0 Å². The highest BCUT2D eigenvalue weighted by molar-refractivity contribution is 5.95. The van der Waals surface area contributed by atoms with Crippen LogP contribution in [0.25, 0.3) is 0 Å². The standard InChI is InChI=1S/C19H19N3O8/c1-2-27-18(25)15-11(21-19(26)22-16(15)12-5-3-7-28-12)10-30-14(23)9-20-17(24)13-6-4-8-29-13/h3-8,16H,2,9-10H2,1H3,(H,20,24)(H2,21,22,26). The average Bonchev–Trinajstić information content (AvgIpc) is 3.44. The second kappa shape index (κ2) is 9.45. The molecule has 3 rings (SSSR count). The molecule has 0 fully saturated rings. The van der Waals surface area contributed by atoms with E-state index in [1.807, 2.05) is 0 Å². The molecule has 11 nitrogen and oxygen atoms in total. The van der Waals surface area contributed by atoms with E-state index in [-0.39, 0.29) is 23.6 Å². The molecule has 30 heavy (non-hydrogen) atoms. The average molecular weight is 417 g/mol. The Kier molecular flexibility index (Phi) is 6.53. The molecule has 3 heterocycles. The molecule has 0 saturated carbocycles. The molecule has 158 valence electrons. The lowest BCUT2D eigenvalue weighted by Crippen LogP contribution is -2.47. The Morgan fingerprint density at radius 2 is 1.90 bits per heavy atom. The van der Waals surface area contributed by atoms with Crippen molar-refractivity contribution in [2.75, 3.05) is 19.8 Å². The van der Waals surface area contributed by atoms with Crippen LogP contribution in [0.1, 0.15) is 29.3 Å². The highest BCUT2D eigenvalue weighted by atomic mass is 16.5. The van der Waals surface area contributed by atoms with Gasteiger partial charge in [-0.15, -0.1) is 0 Å². The summed E-state index contributed by atoms with van der Waals surface area (Å²) in [6.45, 7) is 0.882. The maximum atomic E-state index is 12.5. The van der Waals surface area contributed by atoms with Gasteiger partial charge in [0.2, 0.25) is 0 Å². The molecule has 2 aromatic rings. The van der Waals surface area contributed by atoms with Crippen LogP contribution in [-0.4, -0.2) is 43.6 Å². The molecule has 0 bridgehead atoms. The van der Waals surface area contributed by atoms with Crippen LogP contribution in [0.2, 0.25) is 0 Å². The Morgan fingerprint density at radius 1 is 1.13 bits per heavy atom. The van der Waals surface area contributed by atoms with E-state index in [0.29, 0.717) is 5.76 Å². The predicted molar refractivity (Wildman–Crippen MR) is 98.8 cm³/mol. The van der Waals surface area contributed by atoms with Crippen LogP contribution in [0.5, 0.6) is 0 Å². The van der Waals surface area contributed by atoms with Crippen molar-refractivity contribution in [1.29, 1.82) is 0 Å². The summed E-state index contributed by atoms with van der Waals surface area (Å²) in [4.78, 5) is 48.3. The lowest BCUT2D eigenvalue weighted by Gasteiger charge is -2.27. The monoisotopic (exact) mass is 417 g/mol. The quantitative estimate of drug-likeness (QED) is 0.539. The summed E-state index contributed by atoms with van der Waals surface area (Å²) < 4.78 is 20.4. The number of rotatable bonds is 8. The van der Waals surface area contributed by atoms with E-state index in [9.17, 15) is 19.2 Å². The number of nitrogens with one attached hydrogen (secondary N) is 3. The lowest BCUT2D eigenvalue weighted by atomic mass is 10.0. The fourth-order valence-corrected chi connectivity index (χ4v) is 2.70. The molecule has 1 atom stereocenters. The maximum absolute atomic E-state index is 12.5. The molecule has 0 radical (unpaired) electrons. The van der Waals surface area contributed by atoms with Crippen molar-refractivity contribution in [3.05, 3.63) is 59.6 Å². The van der Waals surface area contributed by atoms with E-state index < -0.39 is 43.1 Å². The molecular weight excluding hydrogens is 398 g/mol. The zero-order valence-corrected chi connectivity index (χ0v) is 15.9. The number of hydrogen-bond acceptors (Lipinski definition) is 8. The van der Waals surface area contributed by atoms with Gasteiger partial charge in [-0.3, -0.25) is 9.59 Å². The second-order valence-corrected chi connectivity index (χ2v) is 5.98. The molecule has 3 N–H and O–H groups in total. The van der Waals surface area contributed by atoms with Gasteiger partial charge in [0, 0.05) is 0 Å². The summed E-state index contributed by atoms with van der Waals surface area (Å²) >= 11 is 0. The highest BCUT2D eigenvalue weighted by Gasteiger charge is 2.35. The fourth-order valence-electron chi connectivity index (χ4n) is 2.70. The van der Waals surface area contributed by atoms with Gasteiger partial charge in [-0.05, 0) is 31.2 Å². The van der Waals surface area contributed by atoms with Gasteiger partial charge >= 0.3 is 18.0 Å². The predicted octanol–water partition coefficient (Wildman–Crippen LogP) is 1.02. The molecule has 1 unspecified atom stereocenters. The third-order valence-corrected chi connectivity index (χ3v) is 3.99. The lowest BCUT2D eigenvalue weighted by molar-refractivity contribution is -0.142. The zero-order chi connectivity index (χ0) is 21.5. The molecule has 0 saturated heterocycles. The molecule has 1 aliphatic rings. The van der Waals surface area contributed by atoms with E-state index in [1.165, 1.54) is 24.7 Å². The minimum Gasteiger partial charge on any atom is -0.467 e. The third-order valence-electron chi connectivity index (χ3n) is 3.99. The Balaban J connectivity index is 1.70. The molecule has 1 aliphatic heterocycles. The zero-order valence-electron chi connectivity index (χ0n) is 15.9. The first kappa shape index (κ1) is 20.7. The number of esters is 2. The first-order valence-electron chi connectivity index (χ1n) is 8.98. The van der Waals surface area contributed by atoms with Gasteiger partial charge in [-0.25, -0.2) is 9.59 Å². The van der Waals surface area contributed by atoms with Crippen LogP contribution in [0.4, 0.5) is 4.79 Å². The van der Waals surface area contributed by atoms with Gasteiger partial charge < -0.3 is 34.3 Å². The Bertz CT molecular complexity index is 947. The summed E-state index contributed by atoms with van der Waals surface area (Å²) in [7, 11) is 0. The molecule has 0 spiro atoms. The minimum absolute atomic E-state index is 0.0406. The van der Waals surface area contributed by atoms with Gasteiger partial charge in [0.15, 0.2) is 5.76 Å². The summed E-state index contributed by atoms with van der Waals surface area (Å²) in [6.07, 6.45) is 2.72. The number of carbonyl (C=O) groups excluding carboxylic acids is 4. The van der Waals surface area contributed by atoms with Crippen LogP contribution in [-0.2, 0) is 19.1 Å². The third kappa shape index (κ3) is 4.87. The molecular formula is C19H19N3O8.